The van der Waals surface area contributed by atoms with Gasteiger partial charge in [-0.2, -0.15) is 0 Å². The maximum Gasteiger partial charge on any atom is 0.247 e. The molecule has 4 nitrogen and oxygen atoms in total. The molecule has 5 heteroatoms. The van der Waals surface area contributed by atoms with Gasteiger partial charge in [-0.1, -0.05) is 28.9 Å². The molecule has 0 bridgehead atoms. The molecule has 0 unspecified atom stereocenters. The maximum atomic E-state index is 5.56. The molecule has 0 spiro atoms. The van der Waals surface area contributed by atoms with Crippen LogP contribution < -0.4 is 5.32 Å². The second-order valence-corrected chi connectivity index (χ2v) is 4.60. The molecule has 17 heavy (non-hydrogen) atoms. The topological polar surface area (TPSA) is 51.0 Å². The molecule has 0 radical (unpaired) electrons. The summed E-state index contributed by atoms with van der Waals surface area (Å²) in [6.45, 7) is 5.57. The molecule has 1 heterocycles. The molecular weight excluding hydrogens is 282 g/mol. The molecule has 0 saturated carbocycles. The Balaban J connectivity index is 2.21. The number of aromatic nitrogens is 2. The van der Waals surface area contributed by atoms with Crippen molar-refractivity contribution in [1.29, 1.82) is 0 Å². The monoisotopic (exact) mass is 295 g/mol. The van der Waals surface area contributed by atoms with Gasteiger partial charge < -0.3 is 9.73 Å². The summed E-state index contributed by atoms with van der Waals surface area (Å²) >= 11 is 3.49. The lowest BCUT2D eigenvalue weighted by atomic mass is 10.1. The molecule has 2 rings (SSSR count). The van der Waals surface area contributed by atoms with E-state index in [4.69, 9.17) is 4.42 Å². The fourth-order valence-corrected chi connectivity index (χ4v) is 1.78. The number of aryl methyl sites for hydroxylation is 1. The molecule has 1 aromatic heterocycles. The zero-order valence-electron chi connectivity index (χ0n) is 9.83. The van der Waals surface area contributed by atoms with Gasteiger partial charge in [0, 0.05) is 10.0 Å². The van der Waals surface area contributed by atoms with E-state index in [-0.39, 0.29) is 0 Å². The molecule has 1 aromatic carbocycles. The molecule has 0 amide bonds. The quantitative estimate of drug-likeness (QED) is 0.942. The van der Waals surface area contributed by atoms with Crippen LogP contribution in [0, 0.1) is 6.92 Å². The second kappa shape index (κ2) is 5.42. The zero-order valence-corrected chi connectivity index (χ0v) is 11.4. The van der Waals surface area contributed by atoms with E-state index in [0.717, 1.165) is 16.6 Å². The summed E-state index contributed by atoms with van der Waals surface area (Å²) in [6, 6.07) is 5.98. The number of halogens is 1. The molecule has 0 aliphatic carbocycles. The third-order valence-corrected chi connectivity index (χ3v) is 3.27. The average Bonchev–Trinajstić information content (AvgIpc) is 2.79. The third kappa shape index (κ3) is 2.92. The summed E-state index contributed by atoms with van der Waals surface area (Å²) in [4.78, 5) is 0. The summed E-state index contributed by atoms with van der Waals surface area (Å²) in [6.07, 6.45) is 0. The van der Waals surface area contributed by atoms with Crippen LogP contribution in [0.15, 0.2) is 27.1 Å². The smallest absolute Gasteiger partial charge is 0.247 e. The number of nitrogens with zero attached hydrogens (tertiary/aromatic N) is 2. The van der Waals surface area contributed by atoms with Gasteiger partial charge in [0.1, 0.15) is 0 Å². The van der Waals surface area contributed by atoms with Crippen LogP contribution in [0.4, 0.5) is 0 Å². The predicted octanol–water partition coefficient (Wildman–Crippen LogP) is 2.92. The first-order chi connectivity index (χ1) is 8.20. The van der Waals surface area contributed by atoms with Gasteiger partial charge in [0.05, 0.1) is 6.54 Å². The van der Waals surface area contributed by atoms with Gasteiger partial charge in [0.15, 0.2) is 0 Å². The molecule has 90 valence electrons. The molecule has 0 aliphatic rings. The number of hydrogen-bond donors (Lipinski definition) is 1. The number of rotatable bonds is 4. The summed E-state index contributed by atoms with van der Waals surface area (Å²) in [7, 11) is 0. The summed E-state index contributed by atoms with van der Waals surface area (Å²) in [5.74, 6) is 1.16. The highest BCUT2D eigenvalue weighted by Gasteiger charge is 2.08. The Kier molecular flexibility index (Phi) is 3.91. The second-order valence-electron chi connectivity index (χ2n) is 3.75. The minimum Gasteiger partial charge on any atom is -0.419 e. The van der Waals surface area contributed by atoms with Gasteiger partial charge in [-0.3, -0.25) is 0 Å². The third-order valence-electron chi connectivity index (χ3n) is 2.41. The molecule has 0 saturated heterocycles. The van der Waals surface area contributed by atoms with E-state index < -0.39 is 0 Å². The lowest BCUT2D eigenvalue weighted by molar-refractivity contribution is 0.482. The van der Waals surface area contributed by atoms with Gasteiger partial charge in [-0.05, 0) is 31.2 Å². The van der Waals surface area contributed by atoms with Crippen molar-refractivity contribution in [3.63, 3.8) is 0 Å². The van der Waals surface area contributed by atoms with Crippen molar-refractivity contribution in [1.82, 2.24) is 15.5 Å². The van der Waals surface area contributed by atoms with Gasteiger partial charge in [0.25, 0.3) is 0 Å². The van der Waals surface area contributed by atoms with Crippen LogP contribution in [0.5, 0.6) is 0 Å². The Morgan fingerprint density at radius 2 is 2.18 bits per heavy atom. The van der Waals surface area contributed by atoms with Crippen molar-refractivity contribution in [2.75, 3.05) is 6.54 Å². The first-order valence-electron chi connectivity index (χ1n) is 5.50. The highest BCUT2D eigenvalue weighted by atomic mass is 79.9. The minimum absolute atomic E-state index is 0.554. The van der Waals surface area contributed by atoms with Gasteiger partial charge >= 0.3 is 0 Å². The number of nitrogens with one attached hydrogen (secondary N) is 1. The molecular formula is C12H14BrN3O. The largest absolute Gasteiger partial charge is 0.419 e. The number of hydrogen-bond acceptors (Lipinski definition) is 4. The van der Waals surface area contributed by atoms with Crippen LogP contribution in [0.2, 0.25) is 0 Å². The van der Waals surface area contributed by atoms with Crippen molar-refractivity contribution < 1.29 is 4.42 Å². The number of benzene rings is 1. The summed E-state index contributed by atoms with van der Waals surface area (Å²) < 4.78 is 6.60. The highest BCUT2D eigenvalue weighted by Crippen LogP contribution is 2.24. The average molecular weight is 296 g/mol. The first-order valence-corrected chi connectivity index (χ1v) is 6.29. The first kappa shape index (κ1) is 12.3. The Morgan fingerprint density at radius 3 is 2.88 bits per heavy atom. The molecule has 1 N–H and O–H groups in total. The van der Waals surface area contributed by atoms with Crippen LogP contribution in [-0.4, -0.2) is 16.7 Å². The summed E-state index contributed by atoms with van der Waals surface area (Å²) in [5, 5.41) is 11.2. The fraction of sp³-hybridized carbons (Fsp3) is 0.333. The fourth-order valence-electron chi connectivity index (χ4n) is 1.40. The van der Waals surface area contributed by atoms with Gasteiger partial charge in [-0.15, -0.1) is 10.2 Å². The Labute approximate surface area is 109 Å². The predicted molar refractivity (Wildman–Crippen MR) is 69.6 cm³/mol. The Hall–Kier alpha value is -1.20. The van der Waals surface area contributed by atoms with E-state index in [1.807, 2.05) is 32.0 Å². The SMILES string of the molecule is CCNCc1nnc(-c2ccc(C)c(Br)c2)o1. The zero-order chi connectivity index (χ0) is 12.3. The van der Waals surface area contributed by atoms with E-state index in [9.17, 15) is 0 Å². The standard InChI is InChI=1S/C12H14BrN3O/c1-3-14-7-11-15-16-12(17-11)9-5-4-8(2)10(13)6-9/h4-6,14H,3,7H2,1-2H3. The lowest BCUT2D eigenvalue weighted by Gasteiger charge is -1.99. The molecule has 2 aromatic rings. The van der Waals surface area contributed by atoms with Crippen LogP contribution in [0.25, 0.3) is 11.5 Å². The van der Waals surface area contributed by atoms with Gasteiger partial charge in [-0.25, -0.2) is 0 Å². The normalized spacial score (nSPS) is 10.8. The van der Waals surface area contributed by atoms with Crippen molar-refractivity contribution in [3.8, 4) is 11.5 Å². The molecule has 0 atom stereocenters. The molecule has 0 aliphatic heterocycles. The van der Waals surface area contributed by atoms with Crippen molar-refractivity contribution in [2.24, 2.45) is 0 Å². The Bertz CT molecular complexity index is 510. The van der Waals surface area contributed by atoms with Crippen molar-refractivity contribution >= 4 is 15.9 Å². The maximum absolute atomic E-state index is 5.56. The van der Waals surface area contributed by atoms with E-state index in [0.29, 0.717) is 18.3 Å². The Morgan fingerprint density at radius 1 is 1.35 bits per heavy atom. The van der Waals surface area contributed by atoms with Crippen LogP contribution in [0.3, 0.4) is 0 Å². The van der Waals surface area contributed by atoms with E-state index in [1.54, 1.807) is 0 Å². The highest BCUT2D eigenvalue weighted by molar-refractivity contribution is 9.10. The van der Waals surface area contributed by atoms with E-state index >= 15 is 0 Å². The van der Waals surface area contributed by atoms with E-state index in [1.165, 1.54) is 5.56 Å². The summed E-state index contributed by atoms with van der Waals surface area (Å²) in [5.41, 5.74) is 2.11. The lowest BCUT2D eigenvalue weighted by Crippen LogP contribution is -2.11. The van der Waals surface area contributed by atoms with Crippen LogP contribution in [0.1, 0.15) is 18.4 Å². The van der Waals surface area contributed by atoms with Gasteiger partial charge in [0.2, 0.25) is 11.8 Å². The van der Waals surface area contributed by atoms with E-state index in [2.05, 4.69) is 31.4 Å². The van der Waals surface area contributed by atoms with Crippen LogP contribution in [-0.2, 0) is 6.54 Å². The molecule has 0 fully saturated rings. The van der Waals surface area contributed by atoms with Crippen molar-refractivity contribution in [2.45, 2.75) is 20.4 Å². The minimum atomic E-state index is 0.554. The van der Waals surface area contributed by atoms with Crippen LogP contribution >= 0.6 is 15.9 Å². The van der Waals surface area contributed by atoms with Crippen molar-refractivity contribution in [3.05, 3.63) is 34.1 Å².